The number of benzene rings is 2. The first kappa shape index (κ1) is 16.6. The van der Waals surface area contributed by atoms with E-state index in [9.17, 15) is 0 Å². The number of hydrogen-bond donors (Lipinski definition) is 2. The fourth-order valence-corrected chi connectivity index (χ4v) is 3.48. The SMILES string of the molecule is CN1Cc2ccc(-c3ncnc(Nc4ccc(-c5cn[nH]c5)cc4)n3)cc2C1. The van der Waals surface area contributed by atoms with Gasteiger partial charge in [0.2, 0.25) is 5.95 Å². The van der Waals surface area contributed by atoms with E-state index in [0.717, 1.165) is 35.5 Å². The number of hydrogen-bond acceptors (Lipinski definition) is 6. The van der Waals surface area contributed by atoms with Crippen LogP contribution >= 0.6 is 0 Å². The lowest BCUT2D eigenvalue weighted by atomic mass is 10.1. The van der Waals surface area contributed by atoms with Gasteiger partial charge < -0.3 is 5.32 Å². The van der Waals surface area contributed by atoms with Crippen LogP contribution in [-0.2, 0) is 13.1 Å². The second-order valence-electron chi connectivity index (χ2n) is 6.98. The fourth-order valence-electron chi connectivity index (χ4n) is 3.48. The summed E-state index contributed by atoms with van der Waals surface area (Å²) in [5.74, 6) is 1.20. The molecular weight excluding hydrogens is 350 g/mol. The molecule has 2 N–H and O–H groups in total. The van der Waals surface area contributed by atoms with Crippen molar-refractivity contribution in [3.05, 3.63) is 72.3 Å². The molecule has 1 aliphatic heterocycles. The average Bonchev–Trinajstić information content (AvgIpc) is 3.37. The monoisotopic (exact) mass is 369 g/mol. The molecule has 0 spiro atoms. The second-order valence-corrected chi connectivity index (χ2v) is 6.98. The quantitative estimate of drug-likeness (QED) is 0.572. The van der Waals surface area contributed by atoms with E-state index in [1.165, 1.54) is 11.1 Å². The van der Waals surface area contributed by atoms with E-state index in [4.69, 9.17) is 0 Å². The molecule has 0 unspecified atom stereocenters. The predicted molar refractivity (Wildman–Crippen MR) is 108 cm³/mol. The summed E-state index contributed by atoms with van der Waals surface area (Å²) in [5.41, 5.74) is 6.78. The van der Waals surface area contributed by atoms with Gasteiger partial charge in [-0.25, -0.2) is 9.97 Å². The van der Waals surface area contributed by atoms with E-state index in [2.05, 4.69) is 60.6 Å². The van der Waals surface area contributed by atoms with Crippen molar-refractivity contribution in [2.45, 2.75) is 13.1 Å². The lowest BCUT2D eigenvalue weighted by Gasteiger charge is -2.08. The lowest BCUT2D eigenvalue weighted by molar-refractivity contribution is 0.353. The first-order valence-corrected chi connectivity index (χ1v) is 9.10. The van der Waals surface area contributed by atoms with Crippen LogP contribution in [0.1, 0.15) is 11.1 Å². The summed E-state index contributed by atoms with van der Waals surface area (Å²) in [5, 5.41) is 10.1. The number of fused-ring (bicyclic) bond motifs is 1. The topological polar surface area (TPSA) is 82.6 Å². The van der Waals surface area contributed by atoms with Crippen molar-refractivity contribution in [3.63, 3.8) is 0 Å². The van der Waals surface area contributed by atoms with E-state index < -0.39 is 0 Å². The third kappa shape index (κ3) is 3.23. The maximum Gasteiger partial charge on any atom is 0.230 e. The molecule has 3 heterocycles. The first-order valence-electron chi connectivity index (χ1n) is 9.10. The zero-order chi connectivity index (χ0) is 18.9. The van der Waals surface area contributed by atoms with Gasteiger partial charge in [-0.1, -0.05) is 24.3 Å². The molecule has 28 heavy (non-hydrogen) atoms. The smallest absolute Gasteiger partial charge is 0.230 e. The Morgan fingerprint density at radius 1 is 0.929 bits per heavy atom. The Morgan fingerprint density at radius 3 is 2.57 bits per heavy atom. The van der Waals surface area contributed by atoms with E-state index >= 15 is 0 Å². The van der Waals surface area contributed by atoms with E-state index in [1.807, 2.05) is 30.5 Å². The minimum Gasteiger partial charge on any atom is -0.324 e. The highest BCUT2D eigenvalue weighted by Crippen LogP contribution is 2.27. The van der Waals surface area contributed by atoms with Gasteiger partial charge in [0.1, 0.15) is 6.33 Å². The Bertz CT molecular complexity index is 1100. The maximum atomic E-state index is 4.59. The number of aromatic nitrogens is 5. The molecule has 5 rings (SSSR count). The molecule has 0 fully saturated rings. The van der Waals surface area contributed by atoms with E-state index in [0.29, 0.717) is 11.8 Å². The molecule has 0 aliphatic carbocycles. The Balaban J connectivity index is 1.37. The number of anilines is 2. The third-order valence-corrected chi connectivity index (χ3v) is 4.89. The third-order valence-electron chi connectivity index (χ3n) is 4.89. The number of aromatic amines is 1. The Hall–Kier alpha value is -3.58. The zero-order valence-electron chi connectivity index (χ0n) is 15.4. The first-order chi connectivity index (χ1) is 13.7. The molecule has 0 amide bonds. The highest BCUT2D eigenvalue weighted by atomic mass is 15.1. The van der Waals surface area contributed by atoms with Crippen molar-refractivity contribution in [1.29, 1.82) is 0 Å². The molecule has 0 atom stereocenters. The van der Waals surface area contributed by atoms with Crippen LogP contribution in [0, 0.1) is 0 Å². The highest BCUT2D eigenvalue weighted by molar-refractivity contribution is 5.66. The van der Waals surface area contributed by atoms with Gasteiger partial charge >= 0.3 is 0 Å². The van der Waals surface area contributed by atoms with Gasteiger partial charge in [0.05, 0.1) is 6.20 Å². The molecule has 2 aromatic carbocycles. The lowest BCUT2D eigenvalue weighted by Crippen LogP contribution is -2.07. The Labute approximate surface area is 162 Å². The number of nitrogens with zero attached hydrogens (tertiary/aromatic N) is 5. The molecule has 2 aromatic heterocycles. The molecular formula is C21H19N7. The summed E-state index contributed by atoms with van der Waals surface area (Å²) in [6.45, 7) is 1.96. The second kappa shape index (κ2) is 6.86. The minimum absolute atomic E-state index is 0.527. The number of nitrogens with one attached hydrogen (secondary N) is 2. The zero-order valence-corrected chi connectivity index (χ0v) is 15.4. The summed E-state index contributed by atoms with van der Waals surface area (Å²) >= 11 is 0. The summed E-state index contributed by atoms with van der Waals surface area (Å²) in [4.78, 5) is 15.5. The van der Waals surface area contributed by atoms with Crippen LogP contribution < -0.4 is 5.32 Å². The number of rotatable bonds is 4. The van der Waals surface area contributed by atoms with Gasteiger partial charge in [0.25, 0.3) is 0 Å². The Kier molecular flexibility index (Phi) is 4.06. The van der Waals surface area contributed by atoms with E-state index in [-0.39, 0.29) is 0 Å². The van der Waals surface area contributed by atoms with Gasteiger partial charge in [-0.2, -0.15) is 10.1 Å². The summed E-state index contributed by atoms with van der Waals surface area (Å²) in [6, 6.07) is 14.5. The van der Waals surface area contributed by atoms with Crippen LogP contribution in [0.4, 0.5) is 11.6 Å². The van der Waals surface area contributed by atoms with Gasteiger partial charge in [-0.05, 0) is 41.9 Å². The molecule has 7 nitrogen and oxygen atoms in total. The van der Waals surface area contributed by atoms with Crippen molar-refractivity contribution < 1.29 is 0 Å². The molecule has 0 bridgehead atoms. The molecule has 7 heteroatoms. The van der Waals surface area contributed by atoms with Crippen molar-refractivity contribution >= 4 is 11.6 Å². The van der Waals surface area contributed by atoms with Crippen LogP contribution in [0.25, 0.3) is 22.5 Å². The molecule has 0 saturated heterocycles. The largest absolute Gasteiger partial charge is 0.324 e. The van der Waals surface area contributed by atoms with E-state index in [1.54, 1.807) is 12.5 Å². The number of H-pyrrole nitrogens is 1. The Morgan fingerprint density at radius 2 is 1.75 bits per heavy atom. The van der Waals surface area contributed by atoms with Crippen LogP contribution in [0.3, 0.4) is 0 Å². The van der Waals surface area contributed by atoms with Crippen molar-refractivity contribution in [3.8, 4) is 22.5 Å². The summed E-state index contributed by atoms with van der Waals surface area (Å²) in [6.07, 6.45) is 5.22. The molecule has 0 radical (unpaired) electrons. The fraction of sp³-hybridized carbons (Fsp3) is 0.143. The van der Waals surface area contributed by atoms with Crippen molar-refractivity contribution in [1.82, 2.24) is 30.0 Å². The van der Waals surface area contributed by atoms with Gasteiger partial charge in [0.15, 0.2) is 5.82 Å². The standard InChI is InChI=1S/C21H19N7/c1-28-11-16-3-2-15(8-17(16)12-28)20-22-13-23-21(27-20)26-19-6-4-14(5-7-19)18-9-24-25-10-18/h2-10,13H,11-12H2,1H3,(H,24,25)(H,22,23,26,27). The van der Waals surface area contributed by atoms with Crippen molar-refractivity contribution in [2.24, 2.45) is 0 Å². The van der Waals surface area contributed by atoms with Gasteiger partial charge in [0, 0.05) is 36.1 Å². The van der Waals surface area contributed by atoms with Gasteiger partial charge in [-0.3, -0.25) is 10.00 Å². The predicted octanol–water partition coefficient (Wildman–Crippen LogP) is 3.62. The van der Waals surface area contributed by atoms with Crippen LogP contribution in [0.5, 0.6) is 0 Å². The molecule has 1 aliphatic rings. The molecule has 138 valence electrons. The molecule has 0 saturated carbocycles. The minimum atomic E-state index is 0.527. The summed E-state index contributed by atoms with van der Waals surface area (Å²) < 4.78 is 0. The van der Waals surface area contributed by atoms with Gasteiger partial charge in [-0.15, -0.1) is 0 Å². The highest BCUT2D eigenvalue weighted by Gasteiger charge is 2.16. The average molecular weight is 369 g/mol. The van der Waals surface area contributed by atoms with Crippen molar-refractivity contribution in [2.75, 3.05) is 12.4 Å². The van der Waals surface area contributed by atoms with Crippen LogP contribution in [-0.4, -0.2) is 37.1 Å². The molecule has 4 aromatic rings. The maximum absolute atomic E-state index is 4.59. The summed E-state index contributed by atoms with van der Waals surface area (Å²) in [7, 11) is 2.13. The van der Waals surface area contributed by atoms with Crippen LogP contribution in [0.15, 0.2) is 61.2 Å². The normalized spacial score (nSPS) is 13.5. The van der Waals surface area contributed by atoms with Crippen LogP contribution in [0.2, 0.25) is 0 Å².